The highest BCUT2D eigenvalue weighted by atomic mass is 32.2. The molecule has 2 atom stereocenters. The van der Waals surface area contributed by atoms with Crippen LogP contribution in [-0.2, 0) is 4.79 Å². The smallest absolute Gasteiger partial charge is 0.238 e. The Hall–Kier alpha value is -0.260. The molecular formula is C11H22N2O2S. The van der Waals surface area contributed by atoms with Gasteiger partial charge in [-0.15, -0.1) is 11.8 Å². The van der Waals surface area contributed by atoms with Crippen LogP contribution in [0.4, 0.5) is 0 Å². The maximum atomic E-state index is 11.9. The molecule has 1 heterocycles. The van der Waals surface area contributed by atoms with Crippen molar-refractivity contribution in [1.82, 2.24) is 10.6 Å². The van der Waals surface area contributed by atoms with Gasteiger partial charge in [-0.2, -0.15) is 0 Å². The summed E-state index contributed by atoms with van der Waals surface area (Å²) >= 11 is 1.74. The van der Waals surface area contributed by atoms with Crippen molar-refractivity contribution in [1.29, 1.82) is 0 Å². The third-order valence-electron chi connectivity index (χ3n) is 2.81. The number of carbonyl (C=O) groups is 1. The highest BCUT2D eigenvalue weighted by Gasteiger charge is 2.29. The standard InChI is InChI=1S/C11H22N2O2S/c1-11(2,3)9(4-5-14)13-10(15)8-6-16-7-12-8/h8-9,12,14H,4-7H2,1-3H3,(H,13,15). The van der Waals surface area contributed by atoms with E-state index >= 15 is 0 Å². The maximum absolute atomic E-state index is 11.9. The van der Waals surface area contributed by atoms with Crippen LogP contribution in [0.1, 0.15) is 27.2 Å². The number of rotatable bonds is 4. The van der Waals surface area contributed by atoms with Crippen molar-refractivity contribution < 1.29 is 9.90 Å². The zero-order chi connectivity index (χ0) is 12.2. The largest absolute Gasteiger partial charge is 0.396 e. The fourth-order valence-corrected chi connectivity index (χ4v) is 2.63. The predicted molar refractivity (Wildman–Crippen MR) is 67.3 cm³/mol. The molecular weight excluding hydrogens is 224 g/mol. The number of carbonyl (C=O) groups excluding carboxylic acids is 1. The summed E-state index contributed by atoms with van der Waals surface area (Å²) in [5.41, 5.74) is -0.0237. The first-order valence-corrected chi connectivity index (χ1v) is 6.83. The van der Waals surface area contributed by atoms with Crippen LogP contribution in [0, 0.1) is 5.41 Å². The quantitative estimate of drug-likeness (QED) is 0.678. The predicted octanol–water partition coefficient (Wildman–Crippen LogP) is 0.562. The van der Waals surface area contributed by atoms with E-state index in [2.05, 4.69) is 31.4 Å². The van der Waals surface area contributed by atoms with Crippen molar-refractivity contribution in [3.63, 3.8) is 0 Å². The first-order valence-electron chi connectivity index (χ1n) is 5.67. The van der Waals surface area contributed by atoms with Gasteiger partial charge in [0.2, 0.25) is 5.91 Å². The SMILES string of the molecule is CC(C)(C)C(CCO)NC(=O)C1CSCN1. The van der Waals surface area contributed by atoms with Crippen LogP contribution in [0.25, 0.3) is 0 Å². The molecule has 1 saturated heterocycles. The molecule has 0 saturated carbocycles. The van der Waals surface area contributed by atoms with Gasteiger partial charge in [-0.1, -0.05) is 20.8 Å². The van der Waals surface area contributed by atoms with Crippen molar-refractivity contribution >= 4 is 17.7 Å². The van der Waals surface area contributed by atoms with Crippen LogP contribution in [0.5, 0.6) is 0 Å². The van der Waals surface area contributed by atoms with Crippen LogP contribution in [0.15, 0.2) is 0 Å². The molecule has 0 aliphatic carbocycles. The summed E-state index contributed by atoms with van der Waals surface area (Å²) in [4.78, 5) is 11.9. The number of nitrogens with one attached hydrogen (secondary N) is 2. The van der Waals surface area contributed by atoms with E-state index in [1.807, 2.05) is 0 Å². The molecule has 0 spiro atoms. The summed E-state index contributed by atoms with van der Waals surface area (Å²) in [6.07, 6.45) is 0.606. The van der Waals surface area contributed by atoms with Crippen molar-refractivity contribution in [3.05, 3.63) is 0 Å². The lowest BCUT2D eigenvalue weighted by Gasteiger charge is -2.32. The van der Waals surface area contributed by atoms with Gasteiger partial charge < -0.3 is 10.4 Å². The van der Waals surface area contributed by atoms with Crippen molar-refractivity contribution in [2.75, 3.05) is 18.2 Å². The van der Waals surface area contributed by atoms with E-state index in [1.165, 1.54) is 0 Å². The topological polar surface area (TPSA) is 61.4 Å². The summed E-state index contributed by atoms with van der Waals surface area (Å²) in [5, 5.41) is 15.2. The van der Waals surface area contributed by atoms with Crippen molar-refractivity contribution in [2.24, 2.45) is 5.41 Å². The lowest BCUT2D eigenvalue weighted by atomic mass is 9.85. The molecule has 1 aliphatic rings. The van der Waals surface area contributed by atoms with Crippen LogP contribution < -0.4 is 10.6 Å². The maximum Gasteiger partial charge on any atom is 0.238 e. The fourth-order valence-electron chi connectivity index (χ4n) is 1.69. The first kappa shape index (κ1) is 13.8. The Balaban J connectivity index is 2.50. The molecule has 3 N–H and O–H groups in total. The highest BCUT2D eigenvalue weighted by molar-refractivity contribution is 7.99. The molecule has 1 aliphatic heterocycles. The summed E-state index contributed by atoms with van der Waals surface area (Å²) in [6.45, 7) is 6.33. The summed E-state index contributed by atoms with van der Waals surface area (Å²) in [7, 11) is 0. The van der Waals surface area contributed by atoms with Gasteiger partial charge in [-0.05, 0) is 11.8 Å². The van der Waals surface area contributed by atoms with E-state index in [4.69, 9.17) is 5.11 Å². The summed E-state index contributed by atoms with van der Waals surface area (Å²) < 4.78 is 0. The zero-order valence-electron chi connectivity index (χ0n) is 10.2. The molecule has 2 unspecified atom stereocenters. The van der Waals surface area contributed by atoms with Gasteiger partial charge in [0.1, 0.15) is 0 Å². The molecule has 5 heteroatoms. The molecule has 94 valence electrons. The molecule has 4 nitrogen and oxygen atoms in total. The average Bonchev–Trinajstić information content (AvgIpc) is 2.68. The Kier molecular flexibility index (Phi) is 5.08. The number of amides is 1. The molecule has 0 aromatic rings. The minimum absolute atomic E-state index is 0.0237. The minimum Gasteiger partial charge on any atom is -0.396 e. The molecule has 16 heavy (non-hydrogen) atoms. The normalized spacial score (nSPS) is 23.1. The average molecular weight is 246 g/mol. The van der Waals surface area contributed by atoms with Crippen LogP contribution in [0.3, 0.4) is 0 Å². The zero-order valence-corrected chi connectivity index (χ0v) is 11.1. The molecule has 0 bridgehead atoms. The van der Waals surface area contributed by atoms with Crippen molar-refractivity contribution in [2.45, 2.75) is 39.3 Å². The lowest BCUT2D eigenvalue weighted by Crippen LogP contribution is -2.50. The number of hydrogen-bond donors (Lipinski definition) is 3. The van der Waals surface area contributed by atoms with E-state index in [-0.39, 0.29) is 30.0 Å². The Labute approximate surface area is 102 Å². The second-order valence-corrected chi connectivity index (χ2v) is 6.24. The highest BCUT2D eigenvalue weighted by Crippen LogP contribution is 2.22. The van der Waals surface area contributed by atoms with E-state index < -0.39 is 0 Å². The van der Waals surface area contributed by atoms with Gasteiger partial charge in [0, 0.05) is 24.3 Å². The number of thioether (sulfide) groups is 1. The van der Waals surface area contributed by atoms with Gasteiger partial charge in [-0.3, -0.25) is 10.1 Å². The van der Waals surface area contributed by atoms with Gasteiger partial charge in [-0.25, -0.2) is 0 Å². The van der Waals surface area contributed by atoms with Crippen LogP contribution in [0.2, 0.25) is 0 Å². The van der Waals surface area contributed by atoms with Crippen LogP contribution in [-0.4, -0.2) is 41.3 Å². The fraction of sp³-hybridized carbons (Fsp3) is 0.909. The second kappa shape index (κ2) is 5.89. The number of hydrogen-bond acceptors (Lipinski definition) is 4. The molecule has 0 aromatic carbocycles. The third kappa shape index (κ3) is 3.96. The molecule has 0 aromatic heterocycles. The third-order valence-corrected chi connectivity index (χ3v) is 3.75. The molecule has 1 amide bonds. The van der Waals surface area contributed by atoms with E-state index in [1.54, 1.807) is 11.8 Å². The van der Waals surface area contributed by atoms with Gasteiger partial charge >= 0.3 is 0 Å². The van der Waals surface area contributed by atoms with Gasteiger partial charge in [0.05, 0.1) is 6.04 Å². The second-order valence-electron chi connectivity index (χ2n) is 5.21. The van der Waals surface area contributed by atoms with E-state index in [0.29, 0.717) is 6.42 Å². The summed E-state index contributed by atoms with van der Waals surface area (Å²) in [6, 6.07) is -0.0501. The Morgan fingerprint density at radius 3 is 2.75 bits per heavy atom. The Bertz CT molecular complexity index is 235. The number of aliphatic hydroxyl groups is 1. The Morgan fingerprint density at radius 2 is 2.31 bits per heavy atom. The van der Waals surface area contributed by atoms with Gasteiger partial charge in [0.25, 0.3) is 0 Å². The first-order chi connectivity index (χ1) is 7.45. The number of aliphatic hydroxyl groups excluding tert-OH is 1. The molecule has 1 fully saturated rings. The minimum atomic E-state index is -0.0754. The van der Waals surface area contributed by atoms with Crippen LogP contribution >= 0.6 is 11.8 Å². The van der Waals surface area contributed by atoms with E-state index in [0.717, 1.165) is 11.6 Å². The van der Waals surface area contributed by atoms with Crippen molar-refractivity contribution in [3.8, 4) is 0 Å². The molecule has 1 rings (SSSR count). The van der Waals surface area contributed by atoms with Gasteiger partial charge in [0.15, 0.2) is 0 Å². The lowest BCUT2D eigenvalue weighted by molar-refractivity contribution is -0.124. The summed E-state index contributed by atoms with van der Waals surface area (Å²) in [5.74, 6) is 1.73. The monoisotopic (exact) mass is 246 g/mol. The Morgan fingerprint density at radius 1 is 1.62 bits per heavy atom. The van der Waals surface area contributed by atoms with E-state index in [9.17, 15) is 4.79 Å². The molecule has 0 radical (unpaired) electrons.